The van der Waals surface area contributed by atoms with Crippen LogP contribution in [-0.2, 0) is 14.6 Å². The topological polar surface area (TPSA) is 74.7 Å². The Morgan fingerprint density at radius 1 is 1.35 bits per heavy atom. The molecule has 112 valence electrons. The average molecular weight is 299 g/mol. The molecule has 0 amide bonds. The monoisotopic (exact) mass is 299 g/mol. The number of sulfone groups is 1. The van der Waals surface area contributed by atoms with E-state index in [-0.39, 0.29) is 17.2 Å². The van der Waals surface area contributed by atoms with E-state index in [0.717, 1.165) is 0 Å². The van der Waals surface area contributed by atoms with Gasteiger partial charge in [-0.25, -0.2) is 8.42 Å². The first-order valence-corrected chi connectivity index (χ1v) is 8.20. The Labute approximate surface area is 120 Å². The summed E-state index contributed by atoms with van der Waals surface area (Å²) in [6.07, 6.45) is 0.548. The van der Waals surface area contributed by atoms with Gasteiger partial charge in [0, 0.05) is 13.6 Å². The molecule has 20 heavy (non-hydrogen) atoms. The average Bonchev–Trinajstić information content (AvgIpc) is 2.38. The van der Waals surface area contributed by atoms with Crippen LogP contribution in [0.3, 0.4) is 0 Å². The van der Waals surface area contributed by atoms with Crippen LogP contribution >= 0.6 is 0 Å². The Kier molecular flexibility index (Phi) is 5.56. The molecule has 0 aromatic heterocycles. The van der Waals surface area contributed by atoms with Crippen LogP contribution in [0.5, 0.6) is 0 Å². The van der Waals surface area contributed by atoms with Gasteiger partial charge in [-0.05, 0) is 18.6 Å². The Bertz CT molecular complexity index is 568. The maximum atomic E-state index is 12.2. The van der Waals surface area contributed by atoms with E-state index in [1.807, 2.05) is 6.92 Å². The number of benzene rings is 1. The third kappa shape index (κ3) is 3.96. The minimum Gasteiger partial charge on any atom is -0.481 e. The van der Waals surface area contributed by atoms with Gasteiger partial charge in [0.2, 0.25) is 0 Å². The molecule has 1 aromatic rings. The molecule has 0 bridgehead atoms. The van der Waals surface area contributed by atoms with Crippen molar-refractivity contribution in [1.82, 2.24) is 0 Å². The van der Waals surface area contributed by atoms with Gasteiger partial charge in [-0.3, -0.25) is 4.79 Å². The largest absolute Gasteiger partial charge is 0.481 e. The Balaban J connectivity index is 3.10. The molecular weight excluding hydrogens is 278 g/mol. The zero-order chi connectivity index (χ0) is 15.3. The van der Waals surface area contributed by atoms with Gasteiger partial charge in [0.1, 0.15) is 0 Å². The fourth-order valence-electron chi connectivity index (χ4n) is 2.00. The van der Waals surface area contributed by atoms with Gasteiger partial charge in [0.05, 0.1) is 22.3 Å². The summed E-state index contributed by atoms with van der Waals surface area (Å²) in [5.74, 6) is -1.38. The van der Waals surface area contributed by atoms with Crippen LogP contribution in [0.4, 0.5) is 5.69 Å². The first-order chi connectivity index (χ1) is 9.29. The van der Waals surface area contributed by atoms with Crippen LogP contribution in [0.15, 0.2) is 29.2 Å². The lowest BCUT2D eigenvalue weighted by molar-refractivity contribution is -0.140. The van der Waals surface area contributed by atoms with Crippen molar-refractivity contribution in [3.05, 3.63) is 24.3 Å². The summed E-state index contributed by atoms with van der Waals surface area (Å²) in [6, 6.07) is 6.71. The predicted molar refractivity (Wildman–Crippen MR) is 78.9 cm³/mol. The van der Waals surface area contributed by atoms with E-state index < -0.39 is 21.7 Å². The maximum absolute atomic E-state index is 12.2. The highest BCUT2D eigenvalue weighted by Gasteiger charge is 2.21. The van der Waals surface area contributed by atoms with E-state index in [2.05, 4.69) is 0 Å². The summed E-state index contributed by atoms with van der Waals surface area (Å²) < 4.78 is 24.5. The number of carboxylic acid groups (broad SMARTS) is 1. The second-order valence-electron chi connectivity index (χ2n) is 4.91. The van der Waals surface area contributed by atoms with Gasteiger partial charge in [-0.15, -0.1) is 0 Å². The third-order valence-corrected chi connectivity index (χ3v) is 5.01. The van der Waals surface area contributed by atoms with Crippen molar-refractivity contribution in [2.45, 2.75) is 25.2 Å². The first-order valence-electron chi connectivity index (χ1n) is 6.55. The summed E-state index contributed by atoms with van der Waals surface area (Å²) in [6.45, 7) is 3.67. The lowest BCUT2D eigenvalue weighted by Crippen LogP contribution is -2.29. The minimum absolute atomic E-state index is 0.0896. The van der Waals surface area contributed by atoms with Crippen LogP contribution in [0.2, 0.25) is 0 Å². The molecule has 0 aliphatic heterocycles. The van der Waals surface area contributed by atoms with E-state index in [9.17, 15) is 13.2 Å². The zero-order valence-electron chi connectivity index (χ0n) is 12.0. The maximum Gasteiger partial charge on any atom is 0.308 e. The van der Waals surface area contributed by atoms with Crippen molar-refractivity contribution < 1.29 is 18.3 Å². The SMILES string of the molecule is CCCS(=O)(=O)c1ccccc1N(C)CC(C)C(=O)O. The number of para-hydroxylation sites is 1. The molecule has 0 radical (unpaired) electrons. The molecule has 1 rings (SSSR count). The molecule has 0 aliphatic carbocycles. The van der Waals surface area contributed by atoms with Crippen LogP contribution < -0.4 is 4.90 Å². The van der Waals surface area contributed by atoms with Crippen LogP contribution in [0, 0.1) is 5.92 Å². The van der Waals surface area contributed by atoms with E-state index in [1.165, 1.54) is 0 Å². The molecule has 1 atom stereocenters. The van der Waals surface area contributed by atoms with Crippen LogP contribution in [0.25, 0.3) is 0 Å². The summed E-state index contributed by atoms with van der Waals surface area (Å²) in [4.78, 5) is 12.9. The Morgan fingerprint density at radius 3 is 2.50 bits per heavy atom. The highest BCUT2D eigenvalue weighted by Crippen LogP contribution is 2.26. The molecule has 0 heterocycles. The molecule has 1 unspecified atom stereocenters. The van der Waals surface area contributed by atoms with E-state index in [4.69, 9.17) is 5.11 Å². The van der Waals surface area contributed by atoms with Gasteiger partial charge in [0.15, 0.2) is 9.84 Å². The van der Waals surface area contributed by atoms with E-state index >= 15 is 0 Å². The molecule has 0 spiro atoms. The molecule has 5 nitrogen and oxygen atoms in total. The van der Waals surface area contributed by atoms with Gasteiger partial charge < -0.3 is 10.0 Å². The summed E-state index contributed by atoms with van der Waals surface area (Å²) >= 11 is 0. The van der Waals surface area contributed by atoms with Gasteiger partial charge >= 0.3 is 5.97 Å². The number of nitrogens with zero attached hydrogens (tertiary/aromatic N) is 1. The molecule has 0 saturated heterocycles. The molecule has 0 fully saturated rings. The number of hydrogen-bond donors (Lipinski definition) is 1. The molecular formula is C14H21NO4S. The lowest BCUT2D eigenvalue weighted by Gasteiger charge is -2.24. The van der Waals surface area contributed by atoms with Gasteiger partial charge in [0.25, 0.3) is 0 Å². The Morgan fingerprint density at radius 2 is 1.95 bits per heavy atom. The van der Waals surface area contributed by atoms with Gasteiger partial charge in [-0.1, -0.05) is 26.0 Å². The van der Waals surface area contributed by atoms with Crippen LogP contribution in [0.1, 0.15) is 20.3 Å². The van der Waals surface area contributed by atoms with Crippen molar-refractivity contribution in [2.24, 2.45) is 5.92 Å². The predicted octanol–water partition coefficient (Wildman–Crippen LogP) is 2.03. The second-order valence-corrected chi connectivity index (χ2v) is 6.98. The smallest absolute Gasteiger partial charge is 0.308 e. The molecule has 0 aliphatic rings. The fraction of sp³-hybridized carbons (Fsp3) is 0.500. The van der Waals surface area contributed by atoms with Crippen molar-refractivity contribution in [2.75, 3.05) is 24.2 Å². The highest BCUT2D eigenvalue weighted by atomic mass is 32.2. The molecule has 6 heteroatoms. The number of carboxylic acids is 1. The van der Waals surface area contributed by atoms with E-state index in [0.29, 0.717) is 12.1 Å². The normalized spacial score (nSPS) is 12.9. The third-order valence-electron chi connectivity index (χ3n) is 3.05. The number of anilines is 1. The van der Waals surface area contributed by atoms with Crippen molar-refractivity contribution >= 4 is 21.5 Å². The van der Waals surface area contributed by atoms with Crippen molar-refractivity contribution in [3.8, 4) is 0 Å². The summed E-state index contributed by atoms with van der Waals surface area (Å²) in [5.41, 5.74) is 0.550. The van der Waals surface area contributed by atoms with Crippen molar-refractivity contribution in [1.29, 1.82) is 0 Å². The number of carbonyl (C=O) groups is 1. The molecule has 0 saturated carbocycles. The first kappa shape index (κ1) is 16.5. The zero-order valence-corrected chi connectivity index (χ0v) is 12.9. The number of aliphatic carboxylic acids is 1. The quantitative estimate of drug-likeness (QED) is 0.834. The van der Waals surface area contributed by atoms with Gasteiger partial charge in [-0.2, -0.15) is 0 Å². The minimum atomic E-state index is -3.33. The summed E-state index contributed by atoms with van der Waals surface area (Å²) in [7, 11) is -1.62. The highest BCUT2D eigenvalue weighted by molar-refractivity contribution is 7.91. The van der Waals surface area contributed by atoms with E-state index in [1.54, 1.807) is 43.1 Å². The lowest BCUT2D eigenvalue weighted by atomic mass is 10.1. The number of hydrogen-bond acceptors (Lipinski definition) is 4. The summed E-state index contributed by atoms with van der Waals surface area (Å²) in [5, 5.41) is 8.95. The number of rotatable bonds is 7. The van der Waals surface area contributed by atoms with Crippen molar-refractivity contribution in [3.63, 3.8) is 0 Å². The fourth-order valence-corrected chi connectivity index (χ4v) is 3.59. The molecule has 1 N–H and O–H groups in total. The standard InChI is InChI=1S/C14H21NO4S/c1-4-9-20(18,19)13-8-6-5-7-12(13)15(3)10-11(2)14(16)17/h5-8,11H,4,9-10H2,1-3H3,(H,16,17). The van der Waals surface area contributed by atoms with Crippen LogP contribution in [-0.4, -0.2) is 38.8 Å². The Hall–Kier alpha value is -1.56. The molecule has 1 aromatic carbocycles. The second kappa shape index (κ2) is 6.74.